The number of carbonyl (C=O) groups excluding carboxylic acids is 3. The molecule has 1 amide bonds. The number of phenolic OH excluding ortho intramolecular Hbond substituents is 3. The lowest BCUT2D eigenvalue weighted by Gasteiger charge is -2.45. The summed E-state index contributed by atoms with van der Waals surface area (Å²) in [5, 5.41) is 67.8. The highest BCUT2D eigenvalue weighted by Gasteiger charge is 2.50. The van der Waals surface area contributed by atoms with E-state index >= 15 is 0 Å². The van der Waals surface area contributed by atoms with E-state index in [1.54, 1.807) is 46.8 Å². The minimum absolute atomic E-state index is 0.0636. The van der Waals surface area contributed by atoms with E-state index in [-0.39, 0.29) is 50.5 Å². The molecule has 11 atom stereocenters. The van der Waals surface area contributed by atoms with Gasteiger partial charge >= 0.3 is 11.8 Å². The number of esters is 1. The Morgan fingerprint density at radius 2 is 1.69 bits per heavy atom. The summed E-state index contributed by atoms with van der Waals surface area (Å²) in [7, 11) is 1.44. The number of hydrazone groups is 1. The number of anilines is 1. The standard InChI is InChI=1S/C48H66N4O12/c1-11-31-15-16-32-23-52(19-18-51(32)22-31)49-21-33-38-43(58)36-35(42(33)57)37-45(29(7)41(36)56)64-48(9,46(37)59)62-20-17-34(61-10)26(4)44(63-30(8)53)28(6)40(55)27(5)39(54)24(2)13-12-14-25(3)47(60)50-38/h12-14,17,20-21,24,26-28,31-32,34,39-40,44,54-58H,11,15-16,18-19,22-23H2,1-10H3,(H,50,60)/b13-12+,20-17+,25-14-,49-21-/t24-,26+,27+,28+,31?,32?,34-,39-,40+,44+,48-/m0/s1. The van der Waals surface area contributed by atoms with Crippen LogP contribution in [-0.4, -0.2) is 129 Å². The van der Waals surface area contributed by atoms with E-state index in [1.165, 1.54) is 52.5 Å². The first kappa shape index (κ1) is 48.3. The van der Waals surface area contributed by atoms with Gasteiger partial charge in [-0.2, -0.15) is 5.10 Å². The molecule has 0 radical (unpaired) electrons. The number of phenols is 3. The van der Waals surface area contributed by atoms with Gasteiger partial charge in [-0.25, -0.2) is 0 Å². The smallest absolute Gasteiger partial charge is 0.312 e. The van der Waals surface area contributed by atoms with Gasteiger partial charge in [-0.3, -0.25) is 24.3 Å². The average Bonchev–Trinajstić information content (AvgIpc) is 3.54. The number of aliphatic hydroxyl groups excluding tert-OH is 2. The van der Waals surface area contributed by atoms with Crippen LogP contribution in [0.4, 0.5) is 5.69 Å². The molecule has 2 unspecified atom stereocenters. The van der Waals surface area contributed by atoms with E-state index in [9.17, 15) is 39.9 Å². The maximum absolute atomic E-state index is 14.6. The van der Waals surface area contributed by atoms with Crippen LogP contribution in [0.15, 0.2) is 41.2 Å². The molecule has 0 aromatic heterocycles. The van der Waals surface area contributed by atoms with E-state index in [4.69, 9.17) is 24.0 Å². The van der Waals surface area contributed by atoms with Crippen LogP contribution >= 0.6 is 0 Å². The minimum atomic E-state index is -2.05. The van der Waals surface area contributed by atoms with Crippen molar-refractivity contribution in [3.8, 4) is 23.0 Å². The van der Waals surface area contributed by atoms with Crippen LogP contribution in [0, 0.1) is 36.5 Å². The fourth-order valence-corrected chi connectivity index (χ4v) is 9.69. The van der Waals surface area contributed by atoms with Crippen LogP contribution in [0.3, 0.4) is 0 Å². The quantitative estimate of drug-likeness (QED) is 0.0893. The number of hydrogen-bond donors (Lipinski definition) is 6. The molecule has 0 aliphatic carbocycles. The topological polar surface area (TPSA) is 220 Å². The number of methoxy groups -OCH3 is 1. The summed E-state index contributed by atoms with van der Waals surface area (Å²) in [6, 6.07) is 0.290. The van der Waals surface area contributed by atoms with Crippen molar-refractivity contribution in [1.82, 2.24) is 9.91 Å². The van der Waals surface area contributed by atoms with Crippen molar-refractivity contribution in [3.05, 3.63) is 52.8 Å². The Morgan fingerprint density at radius 1 is 0.969 bits per heavy atom. The van der Waals surface area contributed by atoms with Gasteiger partial charge in [0.05, 0.1) is 59.5 Å². The van der Waals surface area contributed by atoms with Crippen molar-refractivity contribution in [2.75, 3.05) is 38.6 Å². The van der Waals surface area contributed by atoms with E-state index in [0.717, 1.165) is 32.4 Å². The molecule has 6 N–H and O–H groups in total. The van der Waals surface area contributed by atoms with Gasteiger partial charge in [0.2, 0.25) is 0 Å². The van der Waals surface area contributed by atoms with Crippen molar-refractivity contribution < 1.29 is 58.9 Å². The van der Waals surface area contributed by atoms with Crippen molar-refractivity contribution in [2.45, 2.75) is 118 Å². The molecule has 2 fully saturated rings. The predicted molar refractivity (Wildman–Crippen MR) is 241 cm³/mol. The Morgan fingerprint density at radius 3 is 2.36 bits per heavy atom. The molecule has 2 saturated heterocycles. The molecule has 5 aliphatic heterocycles. The van der Waals surface area contributed by atoms with Gasteiger partial charge in [0, 0.05) is 86.8 Å². The Bertz CT molecular complexity index is 2240. The van der Waals surface area contributed by atoms with E-state index in [0.29, 0.717) is 19.0 Å². The summed E-state index contributed by atoms with van der Waals surface area (Å²) >= 11 is 0. The Labute approximate surface area is 375 Å². The zero-order valence-corrected chi connectivity index (χ0v) is 38.6. The number of fused-ring (bicyclic) bond motifs is 15. The number of piperidine rings is 1. The van der Waals surface area contributed by atoms with Gasteiger partial charge in [0.25, 0.3) is 11.7 Å². The third-order valence-corrected chi connectivity index (χ3v) is 13.9. The van der Waals surface area contributed by atoms with Gasteiger partial charge in [0.1, 0.15) is 23.4 Å². The second-order valence-corrected chi connectivity index (χ2v) is 18.3. The Hall–Kier alpha value is -5.16. The Balaban J connectivity index is 1.48. The van der Waals surface area contributed by atoms with E-state index in [1.807, 2.05) is 5.01 Å². The minimum Gasteiger partial charge on any atom is -0.507 e. The van der Waals surface area contributed by atoms with Crippen LogP contribution in [0.2, 0.25) is 0 Å². The number of benzene rings is 2. The van der Waals surface area contributed by atoms with Crippen molar-refractivity contribution in [2.24, 2.45) is 34.7 Å². The molecular weight excluding hydrogens is 825 g/mol. The highest BCUT2D eigenvalue weighted by atomic mass is 16.7. The summed E-state index contributed by atoms with van der Waals surface area (Å²) < 4.78 is 23.8. The maximum Gasteiger partial charge on any atom is 0.312 e. The molecule has 2 aromatic rings. The summed E-state index contributed by atoms with van der Waals surface area (Å²) in [5.41, 5.74) is -0.284. The molecule has 16 heteroatoms. The molecule has 5 bridgehead atoms. The molecule has 7 rings (SSSR count). The monoisotopic (exact) mass is 890 g/mol. The number of amides is 1. The van der Waals surface area contributed by atoms with Crippen LogP contribution in [0.5, 0.6) is 23.0 Å². The lowest BCUT2D eigenvalue weighted by atomic mass is 9.78. The van der Waals surface area contributed by atoms with Crippen LogP contribution in [0.25, 0.3) is 10.8 Å². The number of piperazine rings is 1. The summed E-state index contributed by atoms with van der Waals surface area (Å²) in [4.78, 5) is 43.4. The fraction of sp³-hybridized carbons (Fsp3) is 0.583. The first-order chi connectivity index (χ1) is 30.2. The van der Waals surface area contributed by atoms with E-state index in [2.05, 4.69) is 17.1 Å². The largest absolute Gasteiger partial charge is 0.507 e. The lowest BCUT2D eigenvalue weighted by molar-refractivity contribution is -0.160. The third-order valence-electron chi connectivity index (χ3n) is 13.9. The van der Waals surface area contributed by atoms with Crippen LogP contribution < -0.4 is 10.1 Å². The summed E-state index contributed by atoms with van der Waals surface area (Å²) in [6.07, 6.45) is 8.25. The van der Waals surface area contributed by atoms with Crippen molar-refractivity contribution in [3.63, 3.8) is 0 Å². The number of nitrogens with one attached hydrogen (secondary N) is 1. The van der Waals surface area contributed by atoms with Crippen LogP contribution in [0.1, 0.15) is 96.1 Å². The maximum atomic E-state index is 14.6. The van der Waals surface area contributed by atoms with Gasteiger partial charge in [-0.15, -0.1) is 0 Å². The average molecular weight is 891 g/mol. The van der Waals surface area contributed by atoms with Crippen molar-refractivity contribution >= 4 is 40.3 Å². The molecular formula is C48H66N4O12. The number of carbonyl (C=O) groups is 3. The van der Waals surface area contributed by atoms with Gasteiger partial charge in [-0.05, 0) is 38.7 Å². The number of allylic oxidation sites excluding steroid dienone is 2. The number of Topliss-reactive ketones (excluding diaryl/α,β-unsaturated/α-hetero) is 1. The van der Waals surface area contributed by atoms with Crippen LogP contribution in [-0.2, 0) is 23.8 Å². The number of aromatic hydroxyl groups is 3. The molecule has 5 aliphatic rings. The summed E-state index contributed by atoms with van der Waals surface area (Å²) in [6.45, 7) is 17.9. The number of aliphatic hydroxyl groups is 2. The molecule has 0 spiro atoms. The predicted octanol–water partition coefficient (Wildman–Crippen LogP) is 5.89. The van der Waals surface area contributed by atoms with Gasteiger partial charge in [0.15, 0.2) is 5.75 Å². The molecule has 64 heavy (non-hydrogen) atoms. The third kappa shape index (κ3) is 9.33. The second kappa shape index (κ2) is 19.5. The molecule has 5 heterocycles. The zero-order chi connectivity index (χ0) is 46.9. The lowest BCUT2D eigenvalue weighted by Crippen LogP contribution is -2.55. The molecule has 350 valence electrons. The highest BCUT2D eigenvalue weighted by Crippen LogP contribution is 2.55. The first-order valence-electron chi connectivity index (χ1n) is 22.3. The summed E-state index contributed by atoms with van der Waals surface area (Å²) in [5.74, 6) is -7.62. The highest BCUT2D eigenvalue weighted by molar-refractivity contribution is 6.23. The van der Waals surface area contributed by atoms with Gasteiger partial charge in [-0.1, -0.05) is 59.3 Å². The van der Waals surface area contributed by atoms with Crippen molar-refractivity contribution in [1.29, 1.82) is 0 Å². The molecule has 16 nitrogen and oxygen atoms in total. The fourth-order valence-electron chi connectivity index (χ4n) is 9.69. The SMILES string of the molecule is CCC1CCC2CN(/N=C\c3c4c(O)c5c(O)c(C)c6c(c5c3O)C(=O)[C@@](C)(O/C=C/[C@H](OC)[C@@H](C)[C@@H](OC(C)=O)[C@H](C)[C@H](O)[C@H](C)[C@@H](O)[C@@H](C)/C=C/C=C(/C)C(=O)N4)O6)CCN2C1. The first-order valence-corrected chi connectivity index (χ1v) is 22.3. The Kier molecular flexibility index (Phi) is 14.7. The van der Waals surface area contributed by atoms with Gasteiger partial charge < -0.3 is 49.8 Å². The number of hydrogen-bond acceptors (Lipinski definition) is 15. The number of ketones is 1. The number of rotatable bonds is 5. The molecule has 0 saturated carbocycles. The zero-order valence-electron chi connectivity index (χ0n) is 38.6. The number of nitrogens with zero attached hydrogens (tertiary/aromatic N) is 3. The second-order valence-electron chi connectivity index (χ2n) is 18.3. The normalized spacial score (nSPS) is 33.9. The molecule has 2 aromatic carbocycles. The number of ether oxygens (including phenoxy) is 4. The van der Waals surface area contributed by atoms with E-state index < -0.39 is 88.8 Å².